The van der Waals surface area contributed by atoms with E-state index in [1.165, 1.54) is 0 Å². The van der Waals surface area contributed by atoms with Gasteiger partial charge in [-0.3, -0.25) is 9.59 Å². The van der Waals surface area contributed by atoms with Crippen LogP contribution in [0.25, 0.3) is 0 Å². The molecule has 2 saturated heterocycles. The molecular weight excluding hydrogens is 206 g/mol. The van der Waals surface area contributed by atoms with Gasteiger partial charge in [-0.05, 0) is 25.9 Å². The van der Waals surface area contributed by atoms with E-state index in [9.17, 15) is 9.59 Å². The summed E-state index contributed by atoms with van der Waals surface area (Å²) in [6, 6.07) is 0. The van der Waals surface area contributed by atoms with Crippen LogP contribution in [0.4, 0.5) is 0 Å². The first kappa shape index (κ1) is 11.4. The number of rotatable bonds is 1. The SMILES string of the molecule is CN1CCN(C(=O)C2CCNCC2)CC1=O. The molecule has 1 N–H and O–H groups in total. The van der Waals surface area contributed by atoms with Gasteiger partial charge in [-0.15, -0.1) is 0 Å². The molecule has 0 aromatic rings. The molecule has 0 saturated carbocycles. The minimum atomic E-state index is 0.0496. The van der Waals surface area contributed by atoms with Crippen LogP contribution in [-0.4, -0.2) is 61.4 Å². The van der Waals surface area contributed by atoms with Gasteiger partial charge in [0.25, 0.3) is 0 Å². The first-order chi connectivity index (χ1) is 7.68. The van der Waals surface area contributed by atoms with Gasteiger partial charge in [-0.2, -0.15) is 0 Å². The minimum absolute atomic E-state index is 0.0496. The fraction of sp³-hybridized carbons (Fsp3) is 0.818. The smallest absolute Gasteiger partial charge is 0.241 e. The Balaban J connectivity index is 1.91. The Labute approximate surface area is 95.8 Å². The summed E-state index contributed by atoms with van der Waals surface area (Å²) >= 11 is 0. The number of carbonyl (C=O) groups is 2. The van der Waals surface area contributed by atoms with Crippen molar-refractivity contribution >= 4 is 11.8 Å². The predicted molar refractivity (Wildman–Crippen MR) is 59.8 cm³/mol. The Hall–Kier alpha value is -1.10. The fourth-order valence-electron chi connectivity index (χ4n) is 2.27. The van der Waals surface area contributed by atoms with E-state index < -0.39 is 0 Å². The molecule has 2 aliphatic heterocycles. The summed E-state index contributed by atoms with van der Waals surface area (Å²) in [6.07, 6.45) is 1.80. The summed E-state index contributed by atoms with van der Waals surface area (Å²) in [5.74, 6) is 0.342. The number of hydrogen-bond donors (Lipinski definition) is 1. The van der Waals surface area contributed by atoms with Gasteiger partial charge >= 0.3 is 0 Å². The average molecular weight is 225 g/mol. The standard InChI is InChI=1S/C11H19N3O2/c1-13-6-7-14(8-10(13)15)11(16)9-2-4-12-5-3-9/h9,12H,2-8H2,1H3. The molecule has 2 rings (SSSR count). The lowest BCUT2D eigenvalue weighted by Crippen LogP contribution is -2.53. The number of hydrogen-bond acceptors (Lipinski definition) is 3. The molecule has 5 nitrogen and oxygen atoms in total. The van der Waals surface area contributed by atoms with E-state index >= 15 is 0 Å². The van der Waals surface area contributed by atoms with Crippen molar-refractivity contribution in [2.75, 3.05) is 39.8 Å². The third kappa shape index (κ3) is 2.35. The molecule has 2 amide bonds. The van der Waals surface area contributed by atoms with Crippen molar-refractivity contribution in [2.45, 2.75) is 12.8 Å². The van der Waals surface area contributed by atoms with E-state index in [0.29, 0.717) is 13.1 Å². The molecule has 0 aromatic carbocycles. The van der Waals surface area contributed by atoms with Gasteiger partial charge in [0.15, 0.2) is 0 Å². The van der Waals surface area contributed by atoms with Crippen LogP contribution in [-0.2, 0) is 9.59 Å². The highest BCUT2D eigenvalue weighted by molar-refractivity contribution is 5.87. The minimum Gasteiger partial charge on any atom is -0.342 e. The molecule has 16 heavy (non-hydrogen) atoms. The highest BCUT2D eigenvalue weighted by Gasteiger charge is 2.30. The number of piperidine rings is 1. The second-order valence-electron chi connectivity index (χ2n) is 4.60. The van der Waals surface area contributed by atoms with E-state index in [1.54, 1.807) is 16.8 Å². The monoisotopic (exact) mass is 225 g/mol. The zero-order valence-electron chi connectivity index (χ0n) is 9.74. The van der Waals surface area contributed by atoms with Crippen molar-refractivity contribution in [1.82, 2.24) is 15.1 Å². The number of likely N-dealkylation sites (N-methyl/N-ethyl adjacent to an activating group) is 1. The van der Waals surface area contributed by atoms with E-state index in [-0.39, 0.29) is 24.3 Å². The molecule has 0 spiro atoms. The average Bonchev–Trinajstić information content (AvgIpc) is 2.33. The molecule has 0 aromatic heterocycles. The lowest BCUT2D eigenvalue weighted by Gasteiger charge is -2.35. The Kier molecular flexibility index (Phi) is 3.43. The maximum Gasteiger partial charge on any atom is 0.241 e. The predicted octanol–water partition coefficient (Wildman–Crippen LogP) is -0.713. The largest absolute Gasteiger partial charge is 0.342 e. The van der Waals surface area contributed by atoms with Crippen molar-refractivity contribution < 1.29 is 9.59 Å². The maximum atomic E-state index is 12.1. The number of carbonyl (C=O) groups excluding carboxylic acids is 2. The van der Waals surface area contributed by atoms with Gasteiger partial charge in [0.05, 0.1) is 6.54 Å². The number of amides is 2. The van der Waals surface area contributed by atoms with E-state index in [1.807, 2.05) is 0 Å². The highest BCUT2D eigenvalue weighted by atomic mass is 16.2. The second kappa shape index (κ2) is 4.82. The topological polar surface area (TPSA) is 52.6 Å². The van der Waals surface area contributed by atoms with Crippen molar-refractivity contribution in [1.29, 1.82) is 0 Å². The van der Waals surface area contributed by atoms with Crippen molar-refractivity contribution in [3.63, 3.8) is 0 Å². The Morgan fingerprint density at radius 3 is 2.62 bits per heavy atom. The van der Waals surface area contributed by atoms with Crippen molar-refractivity contribution in [2.24, 2.45) is 5.92 Å². The molecular formula is C11H19N3O2. The second-order valence-corrected chi connectivity index (χ2v) is 4.60. The van der Waals surface area contributed by atoms with Gasteiger partial charge in [-0.25, -0.2) is 0 Å². The summed E-state index contributed by atoms with van der Waals surface area (Å²) < 4.78 is 0. The van der Waals surface area contributed by atoms with Gasteiger partial charge in [0, 0.05) is 26.1 Å². The molecule has 0 atom stereocenters. The van der Waals surface area contributed by atoms with E-state index in [0.717, 1.165) is 25.9 Å². The Morgan fingerprint density at radius 2 is 2.00 bits per heavy atom. The molecule has 0 aliphatic carbocycles. The first-order valence-corrected chi connectivity index (χ1v) is 5.92. The number of nitrogens with one attached hydrogen (secondary N) is 1. The summed E-state index contributed by atoms with van der Waals surface area (Å²) in [5.41, 5.74) is 0. The number of nitrogens with zero attached hydrogens (tertiary/aromatic N) is 2. The lowest BCUT2D eigenvalue weighted by molar-refractivity contribution is -0.147. The zero-order chi connectivity index (χ0) is 11.5. The van der Waals surface area contributed by atoms with Crippen LogP contribution in [0.1, 0.15) is 12.8 Å². The van der Waals surface area contributed by atoms with E-state index in [4.69, 9.17) is 0 Å². The normalized spacial score (nSPS) is 23.7. The molecule has 2 fully saturated rings. The highest BCUT2D eigenvalue weighted by Crippen LogP contribution is 2.16. The van der Waals surface area contributed by atoms with Crippen molar-refractivity contribution in [3.05, 3.63) is 0 Å². The molecule has 2 heterocycles. The molecule has 90 valence electrons. The van der Waals surface area contributed by atoms with Crippen LogP contribution >= 0.6 is 0 Å². The van der Waals surface area contributed by atoms with Crippen LogP contribution in [0.15, 0.2) is 0 Å². The van der Waals surface area contributed by atoms with Crippen molar-refractivity contribution in [3.8, 4) is 0 Å². The summed E-state index contributed by atoms with van der Waals surface area (Å²) in [4.78, 5) is 27.1. The maximum absolute atomic E-state index is 12.1. The van der Waals surface area contributed by atoms with Gasteiger partial charge in [-0.1, -0.05) is 0 Å². The molecule has 0 bridgehead atoms. The zero-order valence-corrected chi connectivity index (χ0v) is 9.74. The quantitative estimate of drug-likeness (QED) is 0.641. The number of piperazine rings is 1. The third-order valence-electron chi connectivity index (χ3n) is 3.46. The van der Waals surface area contributed by atoms with Gasteiger partial charge in [0.2, 0.25) is 11.8 Å². The molecule has 0 radical (unpaired) electrons. The molecule has 2 aliphatic rings. The molecule has 5 heteroatoms. The van der Waals surface area contributed by atoms with E-state index in [2.05, 4.69) is 5.32 Å². The van der Waals surface area contributed by atoms with Crippen LogP contribution in [0.2, 0.25) is 0 Å². The van der Waals surface area contributed by atoms with Crippen LogP contribution in [0, 0.1) is 5.92 Å². The Bertz CT molecular complexity index is 287. The van der Waals surface area contributed by atoms with Crippen LogP contribution < -0.4 is 5.32 Å². The molecule has 0 unspecified atom stereocenters. The van der Waals surface area contributed by atoms with Crippen LogP contribution in [0.3, 0.4) is 0 Å². The lowest BCUT2D eigenvalue weighted by atomic mass is 9.96. The summed E-state index contributed by atoms with van der Waals surface area (Å²) in [5, 5.41) is 3.24. The van der Waals surface area contributed by atoms with Gasteiger partial charge in [0.1, 0.15) is 0 Å². The fourth-order valence-corrected chi connectivity index (χ4v) is 2.27. The summed E-state index contributed by atoms with van der Waals surface area (Å²) in [6.45, 7) is 3.44. The third-order valence-corrected chi connectivity index (χ3v) is 3.46. The first-order valence-electron chi connectivity index (χ1n) is 5.92. The Morgan fingerprint density at radius 1 is 1.31 bits per heavy atom. The summed E-state index contributed by atoms with van der Waals surface area (Å²) in [7, 11) is 1.79. The van der Waals surface area contributed by atoms with Crippen LogP contribution in [0.5, 0.6) is 0 Å². The van der Waals surface area contributed by atoms with Gasteiger partial charge < -0.3 is 15.1 Å².